The first-order valence-electron chi connectivity index (χ1n) is 4.94. The predicted octanol–water partition coefficient (Wildman–Crippen LogP) is 1.46. The van der Waals surface area contributed by atoms with Crippen molar-refractivity contribution < 1.29 is 4.79 Å². The van der Waals surface area contributed by atoms with Gasteiger partial charge in [0, 0.05) is 23.1 Å². The van der Waals surface area contributed by atoms with Gasteiger partial charge in [0.05, 0.1) is 6.04 Å². The third kappa shape index (κ3) is 2.38. The Hall–Kier alpha value is -0.870. The SMILES string of the molecule is Cc1cc(Br)ccc1C(=O)NC1CNC1. The molecule has 0 atom stereocenters. The summed E-state index contributed by atoms with van der Waals surface area (Å²) in [6.45, 7) is 3.70. The molecule has 2 rings (SSSR count). The molecule has 0 radical (unpaired) electrons. The van der Waals surface area contributed by atoms with Gasteiger partial charge in [-0.3, -0.25) is 4.79 Å². The van der Waals surface area contributed by atoms with Gasteiger partial charge in [0.15, 0.2) is 0 Å². The number of aryl methyl sites for hydroxylation is 1. The highest BCUT2D eigenvalue weighted by molar-refractivity contribution is 9.10. The van der Waals surface area contributed by atoms with E-state index in [1.807, 2.05) is 25.1 Å². The van der Waals surface area contributed by atoms with Crippen LogP contribution in [-0.4, -0.2) is 25.0 Å². The molecule has 1 heterocycles. The normalized spacial score (nSPS) is 15.9. The number of carbonyl (C=O) groups excluding carboxylic acids is 1. The van der Waals surface area contributed by atoms with E-state index in [0.717, 1.165) is 28.7 Å². The number of benzene rings is 1. The number of hydrogen-bond donors (Lipinski definition) is 2. The maximum Gasteiger partial charge on any atom is 0.251 e. The van der Waals surface area contributed by atoms with Gasteiger partial charge >= 0.3 is 0 Å². The molecule has 1 saturated heterocycles. The van der Waals surface area contributed by atoms with E-state index in [9.17, 15) is 4.79 Å². The Kier molecular flexibility index (Phi) is 3.07. The van der Waals surface area contributed by atoms with Gasteiger partial charge in [-0.1, -0.05) is 15.9 Å². The fourth-order valence-corrected chi connectivity index (χ4v) is 2.01. The van der Waals surface area contributed by atoms with Crippen LogP contribution in [0.1, 0.15) is 15.9 Å². The highest BCUT2D eigenvalue weighted by atomic mass is 79.9. The van der Waals surface area contributed by atoms with Gasteiger partial charge in [0.1, 0.15) is 0 Å². The number of hydrogen-bond acceptors (Lipinski definition) is 2. The van der Waals surface area contributed by atoms with Crippen molar-refractivity contribution in [2.24, 2.45) is 0 Å². The van der Waals surface area contributed by atoms with Crippen molar-refractivity contribution in [3.8, 4) is 0 Å². The second-order valence-corrected chi connectivity index (χ2v) is 4.70. The second-order valence-electron chi connectivity index (χ2n) is 3.79. The van der Waals surface area contributed by atoms with Crippen molar-refractivity contribution in [2.45, 2.75) is 13.0 Å². The van der Waals surface area contributed by atoms with Crippen LogP contribution in [0.15, 0.2) is 22.7 Å². The summed E-state index contributed by atoms with van der Waals surface area (Å²) in [6, 6.07) is 5.98. The maximum absolute atomic E-state index is 11.8. The molecule has 0 bridgehead atoms. The van der Waals surface area contributed by atoms with Gasteiger partial charge in [-0.2, -0.15) is 0 Å². The molecule has 0 spiro atoms. The largest absolute Gasteiger partial charge is 0.347 e. The van der Waals surface area contributed by atoms with E-state index < -0.39 is 0 Å². The van der Waals surface area contributed by atoms with E-state index in [0.29, 0.717) is 6.04 Å². The molecule has 0 aromatic heterocycles. The van der Waals surface area contributed by atoms with Crippen LogP contribution in [0, 0.1) is 6.92 Å². The maximum atomic E-state index is 11.8. The van der Waals surface area contributed by atoms with Crippen LogP contribution in [0.5, 0.6) is 0 Å². The first-order valence-corrected chi connectivity index (χ1v) is 5.74. The van der Waals surface area contributed by atoms with Crippen molar-refractivity contribution in [3.63, 3.8) is 0 Å². The lowest BCUT2D eigenvalue weighted by atomic mass is 10.1. The van der Waals surface area contributed by atoms with Crippen LogP contribution >= 0.6 is 15.9 Å². The topological polar surface area (TPSA) is 41.1 Å². The highest BCUT2D eigenvalue weighted by Crippen LogP contribution is 2.15. The summed E-state index contributed by atoms with van der Waals surface area (Å²) in [5.74, 6) is 0.0199. The molecular weight excluding hydrogens is 256 g/mol. The molecule has 1 aliphatic rings. The summed E-state index contributed by atoms with van der Waals surface area (Å²) in [5, 5.41) is 6.10. The number of carbonyl (C=O) groups is 1. The van der Waals surface area contributed by atoms with E-state index in [1.54, 1.807) is 0 Å². The monoisotopic (exact) mass is 268 g/mol. The average molecular weight is 269 g/mol. The minimum absolute atomic E-state index is 0.0199. The first kappa shape index (κ1) is 10.6. The van der Waals surface area contributed by atoms with E-state index in [2.05, 4.69) is 26.6 Å². The molecule has 2 N–H and O–H groups in total. The minimum atomic E-state index is 0.0199. The lowest BCUT2D eigenvalue weighted by Crippen LogP contribution is -2.57. The summed E-state index contributed by atoms with van der Waals surface area (Å²) in [6.07, 6.45) is 0. The quantitative estimate of drug-likeness (QED) is 0.853. The van der Waals surface area contributed by atoms with Crippen LogP contribution in [-0.2, 0) is 0 Å². The van der Waals surface area contributed by atoms with Gasteiger partial charge in [-0.25, -0.2) is 0 Å². The number of rotatable bonds is 2. The zero-order valence-corrected chi connectivity index (χ0v) is 10.1. The number of amides is 1. The summed E-state index contributed by atoms with van der Waals surface area (Å²) < 4.78 is 1.00. The Balaban J connectivity index is 2.10. The Labute approximate surface area is 97.4 Å². The molecule has 1 amide bonds. The second kappa shape index (κ2) is 4.33. The van der Waals surface area contributed by atoms with Gasteiger partial charge in [0.2, 0.25) is 0 Å². The van der Waals surface area contributed by atoms with Crippen molar-refractivity contribution in [3.05, 3.63) is 33.8 Å². The van der Waals surface area contributed by atoms with Gasteiger partial charge in [-0.05, 0) is 30.7 Å². The van der Waals surface area contributed by atoms with E-state index in [-0.39, 0.29) is 5.91 Å². The molecule has 1 fully saturated rings. The molecule has 0 saturated carbocycles. The fraction of sp³-hybridized carbons (Fsp3) is 0.364. The first-order chi connectivity index (χ1) is 7.16. The van der Waals surface area contributed by atoms with Crippen molar-refractivity contribution in [2.75, 3.05) is 13.1 Å². The van der Waals surface area contributed by atoms with Crippen molar-refractivity contribution >= 4 is 21.8 Å². The van der Waals surface area contributed by atoms with Gasteiger partial charge in [-0.15, -0.1) is 0 Å². The molecule has 0 aliphatic carbocycles. The summed E-state index contributed by atoms with van der Waals surface area (Å²) >= 11 is 3.38. The van der Waals surface area contributed by atoms with Crippen LogP contribution in [0.4, 0.5) is 0 Å². The smallest absolute Gasteiger partial charge is 0.251 e. The van der Waals surface area contributed by atoms with E-state index in [1.165, 1.54) is 0 Å². The number of nitrogens with one attached hydrogen (secondary N) is 2. The Morgan fingerprint density at radius 1 is 1.53 bits per heavy atom. The minimum Gasteiger partial charge on any atom is -0.347 e. The van der Waals surface area contributed by atoms with Crippen molar-refractivity contribution in [1.29, 1.82) is 0 Å². The highest BCUT2D eigenvalue weighted by Gasteiger charge is 2.20. The Bertz CT molecular complexity index is 388. The molecule has 1 aromatic rings. The molecule has 80 valence electrons. The molecule has 1 aromatic carbocycles. The summed E-state index contributed by atoms with van der Waals surface area (Å²) in [5.41, 5.74) is 1.75. The third-order valence-electron chi connectivity index (χ3n) is 2.55. The zero-order valence-electron chi connectivity index (χ0n) is 8.51. The summed E-state index contributed by atoms with van der Waals surface area (Å²) in [7, 11) is 0. The lowest BCUT2D eigenvalue weighted by molar-refractivity contribution is 0.0923. The molecule has 3 nitrogen and oxygen atoms in total. The average Bonchev–Trinajstić information content (AvgIpc) is 2.11. The number of halogens is 1. The summed E-state index contributed by atoms with van der Waals surface area (Å²) in [4.78, 5) is 11.8. The molecular formula is C11H13BrN2O. The van der Waals surface area contributed by atoms with E-state index >= 15 is 0 Å². The molecule has 15 heavy (non-hydrogen) atoms. The standard InChI is InChI=1S/C11H13BrN2O/c1-7-4-8(12)2-3-10(7)11(15)14-9-5-13-6-9/h2-4,9,13H,5-6H2,1H3,(H,14,15). The molecule has 1 aliphatic heterocycles. The Morgan fingerprint density at radius 3 is 2.80 bits per heavy atom. The van der Waals surface area contributed by atoms with Crippen LogP contribution < -0.4 is 10.6 Å². The van der Waals surface area contributed by atoms with E-state index in [4.69, 9.17) is 0 Å². The zero-order chi connectivity index (χ0) is 10.8. The Morgan fingerprint density at radius 2 is 2.27 bits per heavy atom. The van der Waals surface area contributed by atoms with Crippen LogP contribution in [0.25, 0.3) is 0 Å². The van der Waals surface area contributed by atoms with Crippen molar-refractivity contribution in [1.82, 2.24) is 10.6 Å². The fourth-order valence-electron chi connectivity index (χ4n) is 1.54. The van der Waals surface area contributed by atoms with Crippen LogP contribution in [0.2, 0.25) is 0 Å². The van der Waals surface area contributed by atoms with Crippen LogP contribution in [0.3, 0.4) is 0 Å². The third-order valence-corrected chi connectivity index (χ3v) is 3.04. The lowest BCUT2D eigenvalue weighted by Gasteiger charge is -2.28. The van der Waals surface area contributed by atoms with Gasteiger partial charge in [0.25, 0.3) is 5.91 Å². The van der Waals surface area contributed by atoms with Gasteiger partial charge < -0.3 is 10.6 Å². The predicted molar refractivity (Wildman–Crippen MR) is 63.0 cm³/mol. The molecule has 4 heteroatoms. The molecule has 0 unspecified atom stereocenters.